The van der Waals surface area contributed by atoms with E-state index in [0.717, 1.165) is 13.0 Å². The number of hydrogen-bond acceptors (Lipinski definition) is 2. The molecule has 0 aliphatic heterocycles. The van der Waals surface area contributed by atoms with E-state index in [4.69, 9.17) is 0 Å². The first-order valence-corrected chi connectivity index (χ1v) is 9.30. The molecule has 25 heavy (non-hydrogen) atoms. The standard InChI is InChI=1S/C23H34N2/c1-18(21-10-8-7-9-11-21)25-23(5,6)16-19-12-14-20(15-13-19)17-24-22(2,3)4/h7-15,18,24-25H,16-17H2,1-6H3. The second-order valence-electron chi connectivity index (χ2n) is 8.76. The lowest BCUT2D eigenvalue weighted by molar-refractivity contribution is 0.345. The lowest BCUT2D eigenvalue weighted by Crippen LogP contribution is -2.42. The third-order valence-corrected chi connectivity index (χ3v) is 4.40. The summed E-state index contributed by atoms with van der Waals surface area (Å²) in [6.07, 6.45) is 1.01. The zero-order valence-corrected chi connectivity index (χ0v) is 16.7. The monoisotopic (exact) mass is 338 g/mol. The Kier molecular flexibility index (Phi) is 6.42. The molecular weight excluding hydrogens is 304 g/mol. The number of rotatable bonds is 7. The maximum Gasteiger partial charge on any atom is 0.0296 e. The molecule has 0 fully saturated rings. The molecule has 0 heterocycles. The van der Waals surface area contributed by atoms with Crippen LogP contribution in [-0.4, -0.2) is 11.1 Å². The minimum Gasteiger partial charge on any atom is -0.308 e. The van der Waals surface area contributed by atoms with Gasteiger partial charge in [0.05, 0.1) is 0 Å². The van der Waals surface area contributed by atoms with Crippen LogP contribution < -0.4 is 10.6 Å². The molecule has 2 aromatic carbocycles. The largest absolute Gasteiger partial charge is 0.308 e. The van der Waals surface area contributed by atoms with Crippen molar-refractivity contribution in [1.82, 2.24) is 10.6 Å². The maximum atomic E-state index is 3.77. The van der Waals surface area contributed by atoms with E-state index < -0.39 is 0 Å². The molecule has 0 saturated heterocycles. The highest BCUT2D eigenvalue weighted by Gasteiger charge is 2.21. The predicted octanol–water partition coefficient (Wildman–Crippen LogP) is 5.25. The molecule has 0 amide bonds. The summed E-state index contributed by atoms with van der Waals surface area (Å²) < 4.78 is 0. The van der Waals surface area contributed by atoms with Gasteiger partial charge in [-0.3, -0.25) is 0 Å². The molecule has 0 spiro atoms. The van der Waals surface area contributed by atoms with Crippen LogP contribution in [0.25, 0.3) is 0 Å². The van der Waals surface area contributed by atoms with Crippen molar-refractivity contribution < 1.29 is 0 Å². The summed E-state index contributed by atoms with van der Waals surface area (Å²) in [6, 6.07) is 20.0. The van der Waals surface area contributed by atoms with Gasteiger partial charge in [-0.05, 0) is 64.7 Å². The third-order valence-electron chi connectivity index (χ3n) is 4.40. The van der Waals surface area contributed by atoms with Crippen LogP contribution in [0.4, 0.5) is 0 Å². The first-order valence-electron chi connectivity index (χ1n) is 9.30. The van der Waals surface area contributed by atoms with Gasteiger partial charge in [-0.1, -0.05) is 54.6 Å². The van der Waals surface area contributed by atoms with Crippen LogP contribution in [0.2, 0.25) is 0 Å². The molecule has 136 valence electrons. The van der Waals surface area contributed by atoms with Gasteiger partial charge in [0.25, 0.3) is 0 Å². The van der Waals surface area contributed by atoms with Gasteiger partial charge >= 0.3 is 0 Å². The fourth-order valence-electron chi connectivity index (χ4n) is 3.11. The van der Waals surface area contributed by atoms with Gasteiger partial charge in [0.15, 0.2) is 0 Å². The van der Waals surface area contributed by atoms with E-state index in [1.54, 1.807) is 0 Å². The van der Waals surface area contributed by atoms with Gasteiger partial charge < -0.3 is 10.6 Å². The summed E-state index contributed by atoms with van der Waals surface area (Å²) in [6.45, 7) is 14.3. The Labute approximate surface area is 154 Å². The fourth-order valence-corrected chi connectivity index (χ4v) is 3.11. The molecule has 2 N–H and O–H groups in total. The van der Waals surface area contributed by atoms with Crippen LogP contribution >= 0.6 is 0 Å². The van der Waals surface area contributed by atoms with Gasteiger partial charge in [-0.2, -0.15) is 0 Å². The fraction of sp³-hybridized carbons (Fsp3) is 0.478. The van der Waals surface area contributed by atoms with Crippen molar-refractivity contribution in [1.29, 1.82) is 0 Å². The predicted molar refractivity (Wildman–Crippen MR) is 109 cm³/mol. The molecule has 0 saturated carbocycles. The Bertz CT molecular complexity index is 636. The minimum absolute atomic E-state index is 0.0421. The topological polar surface area (TPSA) is 24.1 Å². The summed E-state index contributed by atoms with van der Waals surface area (Å²) in [7, 11) is 0. The second-order valence-corrected chi connectivity index (χ2v) is 8.76. The van der Waals surface area contributed by atoms with Crippen LogP contribution in [0.3, 0.4) is 0 Å². The van der Waals surface area contributed by atoms with E-state index in [1.807, 2.05) is 0 Å². The average Bonchev–Trinajstić information content (AvgIpc) is 2.53. The van der Waals surface area contributed by atoms with Crippen molar-refractivity contribution in [3.05, 3.63) is 71.3 Å². The van der Waals surface area contributed by atoms with E-state index in [1.165, 1.54) is 16.7 Å². The highest BCUT2D eigenvalue weighted by molar-refractivity contribution is 5.25. The van der Waals surface area contributed by atoms with Gasteiger partial charge in [-0.25, -0.2) is 0 Å². The molecule has 2 rings (SSSR count). The lowest BCUT2D eigenvalue weighted by atomic mass is 9.92. The molecule has 2 aromatic rings. The lowest BCUT2D eigenvalue weighted by Gasteiger charge is -2.31. The van der Waals surface area contributed by atoms with Gasteiger partial charge in [0, 0.05) is 23.7 Å². The Morgan fingerprint density at radius 1 is 0.800 bits per heavy atom. The van der Waals surface area contributed by atoms with Crippen molar-refractivity contribution in [2.24, 2.45) is 0 Å². The molecule has 0 radical (unpaired) electrons. The highest BCUT2D eigenvalue weighted by atomic mass is 15.0. The van der Waals surface area contributed by atoms with Crippen LogP contribution in [0.1, 0.15) is 64.3 Å². The van der Waals surface area contributed by atoms with Gasteiger partial charge in [-0.15, -0.1) is 0 Å². The van der Waals surface area contributed by atoms with Crippen molar-refractivity contribution in [3.63, 3.8) is 0 Å². The van der Waals surface area contributed by atoms with E-state index in [2.05, 4.69) is 107 Å². The summed E-state index contributed by atoms with van der Waals surface area (Å²) in [5, 5.41) is 7.31. The third kappa shape index (κ3) is 7.01. The quantitative estimate of drug-likeness (QED) is 0.721. The molecule has 0 bridgehead atoms. The summed E-state index contributed by atoms with van der Waals surface area (Å²) in [5.41, 5.74) is 4.23. The van der Waals surface area contributed by atoms with Gasteiger partial charge in [0.2, 0.25) is 0 Å². The molecule has 0 aliphatic carbocycles. The second kappa shape index (κ2) is 8.16. The molecule has 0 aliphatic rings. The molecular formula is C23H34N2. The Hall–Kier alpha value is -1.64. The molecule has 1 atom stereocenters. The number of hydrogen-bond donors (Lipinski definition) is 2. The SMILES string of the molecule is CC(NC(C)(C)Cc1ccc(CNC(C)(C)C)cc1)c1ccccc1. The van der Waals surface area contributed by atoms with Crippen molar-refractivity contribution in [3.8, 4) is 0 Å². The van der Waals surface area contributed by atoms with Crippen molar-refractivity contribution in [2.45, 2.75) is 71.6 Å². The van der Waals surface area contributed by atoms with Gasteiger partial charge in [0.1, 0.15) is 0 Å². The Balaban J connectivity index is 1.93. The van der Waals surface area contributed by atoms with Crippen LogP contribution in [0.5, 0.6) is 0 Å². The smallest absolute Gasteiger partial charge is 0.0296 e. The summed E-state index contributed by atoms with van der Waals surface area (Å²) in [5.74, 6) is 0. The number of benzene rings is 2. The van der Waals surface area contributed by atoms with E-state index in [-0.39, 0.29) is 11.1 Å². The van der Waals surface area contributed by atoms with Crippen molar-refractivity contribution in [2.75, 3.05) is 0 Å². The van der Waals surface area contributed by atoms with Crippen molar-refractivity contribution >= 4 is 0 Å². The van der Waals surface area contributed by atoms with E-state index in [9.17, 15) is 0 Å². The summed E-state index contributed by atoms with van der Waals surface area (Å²) in [4.78, 5) is 0. The van der Waals surface area contributed by atoms with Crippen LogP contribution in [0.15, 0.2) is 54.6 Å². The Morgan fingerprint density at radius 2 is 1.36 bits per heavy atom. The summed E-state index contributed by atoms with van der Waals surface area (Å²) >= 11 is 0. The van der Waals surface area contributed by atoms with E-state index in [0.29, 0.717) is 6.04 Å². The maximum absolute atomic E-state index is 3.77. The molecule has 0 aromatic heterocycles. The molecule has 1 unspecified atom stereocenters. The minimum atomic E-state index is 0.0421. The molecule has 2 nitrogen and oxygen atoms in total. The Morgan fingerprint density at radius 3 is 1.92 bits per heavy atom. The number of nitrogens with one attached hydrogen (secondary N) is 2. The van der Waals surface area contributed by atoms with E-state index >= 15 is 0 Å². The zero-order valence-electron chi connectivity index (χ0n) is 16.7. The normalized spacial score (nSPS) is 13.7. The first-order chi connectivity index (χ1) is 11.6. The first kappa shape index (κ1) is 19.7. The van der Waals surface area contributed by atoms with Crippen LogP contribution in [0, 0.1) is 0 Å². The van der Waals surface area contributed by atoms with Crippen LogP contribution in [-0.2, 0) is 13.0 Å². The molecule has 2 heteroatoms. The highest BCUT2D eigenvalue weighted by Crippen LogP contribution is 2.20. The average molecular weight is 339 g/mol. The zero-order chi connectivity index (χ0) is 18.5.